The largest absolute Gasteiger partial charge is 0.317 e. The fourth-order valence-corrected chi connectivity index (χ4v) is 4.77. The van der Waals surface area contributed by atoms with E-state index in [-0.39, 0.29) is 11.3 Å². The average molecular weight is 341 g/mol. The van der Waals surface area contributed by atoms with Crippen molar-refractivity contribution in [1.82, 2.24) is 10.3 Å². The van der Waals surface area contributed by atoms with E-state index >= 15 is 0 Å². The van der Waals surface area contributed by atoms with Gasteiger partial charge in [0.25, 0.3) is 0 Å². The van der Waals surface area contributed by atoms with Gasteiger partial charge in [0.05, 0.1) is 5.41 Å². The smallest absolute Gasteiger partial charge is 0.236 e. The highest BCUT2D eigenvalue weighted by Crippen LogP contribution is 2.45. The number of rotatable bonds is 4. The van der Waals surface area contributed by atoms with E-state index in [1.54, 1.807) is 11.3 Å². The van der Waals surface area contributed by atoms with Crippen LogP contribution in [-0.2, 0) is 10.2 Å². The van der Waals surface area contributed by atoms with Gasteiger partial charge in [0.1, 0.15) is 0 Å². The van der Waals surface area contributed by atoms with Crippen LogP contribution in [0.1, 0.15) is 48.5 Å². The lowest BCUT2D eigenvalue weighted by Crippen LogP contribution is -2.45. The second-order valence-corrected chi connectivity index (χ2v) is 7.91. The number of piperidine rings is 1. The first-order chi connectivity index (χ1) is 11.8. The molecule has 24 heavy (non-hydrogen) atoms. The van der Waals surface area contributed by atoms with Gasteiger partial charge in [-0.3, -0.25) is 4.79 Å². The second-order valence-electron chi connectivity index (χ2n) is 6.85. The predicted molar refractivity (Wildman–Crippen MR) is 97.6 cm³/mol. The highest BCUT2D eigenvalue weighted by Gasteiger charge is 2.45. The fraction of sp³-hybridized carbons (Fsp3) is 0.474. The second kappa shape index (κ2) is 6.65. The monoisotopic (exact) mass is 341 g/mol. The van der Waals surface area contributed by atoms with E-state index in [9.17, 15) is 4.79 Å². The molecule has 1 aliphatic heterocycles. The summed E-state index contributed by atoms with van der Waals surface area (Å²) in [4.78, 5) is 18.7. The number of hydrogen-bond donors (Lipinski definition) is 2. The van der Waals surface area contributed by atoms with E-state index in [4.69, 9.17) is 0 Å². The molecule has 1 saturated heterocycles. The first-order valence-corrected chi connectivity index (χ1v) is 9.63. The molecule has 5 heteroatoms. The minimum absolute atomic E-state index is 0.103. The van der Waals surface area contributed by atoms with E-state index in [1.807, 2.05) is 24.4 Å². The van der Waals surface area contributed by atoms with E-state index in [1.165, 1.54) is 4.88 Å². The maximum Gasteiger partial charge on any atom is 0.236 e. The third-order valence-corrected chi connectivity index (χ3v) is 6.53. The highest BCUT2D eigenvalue weighted by molar-refractivity contribution is 7.15. The lowest BCUT2D eigenvalue weighted by Gasteiger charge is -2.40. The Balaban J connectivity index is 1.48. The van der Waals surface area contributed by atoms with E-state index in [0.29, 0.717) is 5.92 Å². The SMILES string of the molecule is O=C(Nc1ncc(C2CCNCC2)s1)C1(c2ccccc2)CCC1. The van der Waals surface area contributed by atoms with Gasteiger partial charge in [0, 0.05) is 11.1 Å². The molecule has 2 aromatic rings. The molecular weight excluding hydrogens is 318 g/mol. The topological polar surface area (TPSA) is 54.0 Å². The summed E-state index contributed by atoms with van der Waals surface area (Å²) >= 11 is 1.64. The summed E-state index contributed by atoms with van der Waals surface area (Å²) in [5.41, 5.74) is 0.769. The number of thiazole rings is 1. The minimum Gasteiger partial charge on any atom is -0.317 e. The highest BCUT2D eigenvalue weighted by atomic mass is 32.1. The van der Waals surface area contributed by atoms with Crippen molar-refractivity contribution in [3.05, 3.63) is 47.0 Å². The Hall–Kier alpha value is -1.72. The standard InChI is InChI=1S/C19H23N3OS/c23-17(19(9-4-10-19)15-5-2-1-3-6-15)22-18-21-13-16(24-18)14-7-11-20-12-8-14/h1-3,5-6,13-14,20H,4,7-12H2,(H,21,22,23). The molecule has 2 N–H and O–H groups in total. The number of aromatic nitrogens is 1. The number of nitrogens with zero attached hydrogens (tertiary/aromatic N) is 1. The molecule has 4 nitrogen and oxygen atoms in total. The zero-order valence-electron chi connectivity index (χ0n) is 13.8. The lowest BCUT2D eigenvalue weighted by atomic mass is 9.64. The summed E-state index contributed by atoms with van der Waals surface area (Å²) in [7, 11) is 0. The Labute approximate surface area is 146 Å². The molecule has 1 aliphatic carbocycles. The van der Waals surface area contributed by atoms with Gasteiger partial charge in [-0.15, -0.1) is 11.3 Å². The molecule has 1 saturated carbocycles. The Morgan fingerprint density at radius 2 is 1.96 bits per heavy atom. The van der Waals surface area contributed by atoms with Crippen molar-refractivity contribution in [3.63, 3.8) is 0 Å². The van der Waals surface area contributed by atoms with E-state index < -0.39 is 0 Å². The molecular formula is C19H23N3OS. The van der Waals surface area contributed by atoms with Crippen LogP contribution in [0.25, 0.3) is 0 Å². The third kappa shape index (κ3) is 2.87. The van der Waals surface area contributed by atoms with Gasteiger partial charge in [-0.2, -0.15) is 0 Å². The normalized spacial score (nSPS) is 20.3. The van der Waals surface area contributed by atoms with Crippen molar-refractivity contribution in [2.24, 2.45) is 0 Å². The number of carbonyl (C=O) groups is 1. The van der Waals surface area contributed by atoms with Crippen LogP contribution in [0.2, 0.25) is 0 Å². The van der Waals surface area contributed by atoms with Crippen molar-refractivity contribution < 1.29 is 4.79 Å². The predicted octanol–water partition coefficient (Wildman–Crippen LogP) is 3.67. The van der Waals surface area contributed by atoms with Crippen LogP contribution in [0.3, 0.4) is 0 Å². The van der Waals surface area contributed by atoms with E-state index in [2.05, 4.69) is 27.8 Å². The van der Waals surface area contributed by atoms with Crippen molar-refractivity contribution in [2.45, 2.75) is 43.4 Å². The molecule has 2 fully saturated rings. The number of nitrogens with one attached hydrogen (secondary N) is 2. The van der Waals surface area contributed by atoms with E-state index in [0.717, 1.165) is 55.9 Å². The zero-order chi connectivity index (χ0) is 16.4. The summed E-state index contributed by atoms with van der Waals surface area (Å²) < 4.78 is 0. The molecule has 126 valence electrons. The Morgan fingerprint density at radius 1 is 1.21 bits per heavy atom. The van der Waals surface area contributed by atoms with Gasteiger partial charge in [0.15, 0.2) is 5.13 Å². The summed E-state index contributed by atoms with van der Waals surface area (Å²) in [5, 5.41) is 7.23. The molecule has 1 aromatic carbocycles. The number of hydrogen-bond acceptors (Lipinski definition) is 4. The molecule has 0 spiro atoms. The molecule has 4 rings (SSSR count). The fourth-order valence-electron chi connectivity index (χ4n) is 3.79. The van der Waals surface area contributed by atoms with Crippen molar-refractivity contribution >= 4 is 22.4 Å². The molecule has 2 aliphatic rings. The first-order valence-electron chi connectivity index (χ1n) is 8.81. The summed E-state index contributed by atoms with van der Waals surface area (Å²) in [6.45, 7) is 2.14. The van der Waals surface area contributed by atoms with Crippen LogP contribution in [0.5, 0.6) is 0 Å². The van der Waals surface area contributed by atoms with Crippen molar-refractivity contribution in [3.8, 4) is 0 Å². The zero-order valence-corrected chi connectivity index (χ0v) is 14.6. The summed E-state index contributed by atoms with van der Waals surface area (Å²) in [6.07, 6.45) is 7.23. The number of benzene rings is 1. The molecule has 0 atom stereocenters. The number of anilines is 1. The Morgan fingerprint density at radius 3 is 2.62 bits per heavy atom. The molecule has 2 heterocycles. The minimum atomic E-state index is -0.359. The summed E-state index contributed by atoms with van der Waals surface area (Å²) in [5.74, 6) is 0.687. The van der Waals surface area contributed by atoms with Gasteiger partial charge in [-0.25, -0.2) is 4.98 Å². The van der Waals surface area contributed by atoms with Gasteiger partial charge in [-0.05, 0) is 50.3 Å². The maximum absolute atomic E-state index is 12.9. The quantitative estimate of drug-likeness (QED) is 0.892. The van der Waals surface area contributed by atoms with Crippen LogP contribution < -0.4 is 10.6 Å². The molecule has 1 amide bonds. The number of amides is 1. The van der Waals surface area contributed by atoms with Crippen LogP contribution in [-0.4, -0.2) is 24.0 Å². The Bertz CT molecular complexity index is 702. The van der Waals surface area contributed by atoms with Crippen LogP contribution >= 0.6 is 11.3 Å². The van der Waals surface area contributed by atoms with Gasteiger partial charge in [-0.1, -0.05) is 36.8 Å². The first kappa shape index (κ1) is 15.8. The number of carbonyl (C=O) groups excluding carboxylic acids is 1. The van der Waals surface area contributed by atoms with Crippen LogP contribution in [0.4, 0.5) is 5.13 Å². The lowest BCUT2D eigenvalue weighted by molar-refractivity contribution is -0.124. The molecule has 0 unspecified atom stereocenters. The Kier molecular flexibility index (Phi) is 4.37. The van der Waals surface area contributed by atoms with Crippen LogP contribution in [0, 0.1) is 0 Å². The van der Waals surface area contributed by atoms with Gasteiger partial charge >= 0.3 is 0 Å². The average Bonchev–Trinajstić information content (AvgIpc) is 3.04. The van der Waals surface area contributed by atoms with Gasteiger partial charge < -0.3 is 10.6 Å². The molecule has 0 bridgehead atoms. The maximum atomic E-state index is 12.9. The molecule has 0 radical (unpaired) electrons. The van der Waals surface area contributed by atoms with Crippen molar-refractivity contribution in [2.75, 3.05) is 18.4 Å². The van der Waals surface area contributed by atoms with Crippen LogP contribution in [0.15, 0.2) is 36.5 Å². The van der Waals surface area contributed by atoms with Gasteiger partial charge in [0.2, 0.25) is 5.91 Å². The summed E-state index contributed by atoms with van der Waals surface area (Å²) in [6, 6.07) is 10.2. The van der Waals surface area contributed by atoms with Crippen molar-refractivity contribution in [1.29, 1.82) is 0 Å². The molecule has 1 aromatic heterocycles. The third-order valence-electron chi connectivity index (χ3n) is 5.45.